The van der Waals surface area contributed by atoms with Crippen LogP contribution in [0.4, 0.5) is 0 Å². The van der Waals surface area contributed by atoms with E-state index in [0.29, 0.717) is 93.2 Å². The Kier molecular flexibility index (Phi) is 19.0. The first-order valence-electron chi connectivity index (χ1n) is 34.7. The van der Waals surface area contributed by atoms with Crippen molar-refractivity contribution in [2.45, 2.75) is 261 Å². The molecular formula is C88H112O8. The van der Waals surface area contributed by atoms with Crippen molar-refractivity contribution in [3.8, 4) is 46.0 Å². The summed E-state index contributed by atoms with van der Waals surface area (Å²) in [6.07, 6.45) is 2.32. The van der Waals surface area contributed by atoms with Gasteiger partial charge in [0.2, 0.25) is 0 Å². The molecule has 0 aromatic heterocycles. The number of fused-ring (bicyclic) bond motifs is 8. The summed E-state index contributed by atoms with van der Waals surface area (Å²) in [7, 11) is 0. The molecule has 0 radical (unpaired) electrons. The molecule has 8 bridgehead atoms. The van der Waals surface area contributed by atoms with Crippen molar-refractivity contribution in [3.63, 3.8) is 0 Å². The second-order valence-electron chi connectivity index (χ2n) is 36.6. The van der Waals surface area contributed by atoms with Gasteiger partial charge >= 0.3 is 0 Å². The van der Waals surface area contributed by atoms with E-state index in [1.165, 1.54) is 0 Å². The van der Waals surface area contributed by atoms with E-state index in [1.807, 2.05) is 48.5 Å². The predicted molar refractivity (Wildman–Crippen MR) is 397 cm³/mol. The van der Waals surface area contributed by atoms with E-state index in [2.05, 4.69) is 215 Å². The first kappa shape index (κ1) is 72.4. The van der Waals surface area contributed by atoms with Gasteiger partial charge in [0.25, 0.3) is 0 Å². The lowest BCUT2D eigenvalue weighted by Gasteiger charge is -2.28. The van der Waals surface area contributed by atoms with Crippen LogP contribution >= 0.6 is 0 Å². The van der Waals surface area contributed by atoms with Crippen molar-refractivity contribution in [3.05, 3.63) is 231 Å². The molecule has 8 aromatic rings. The van der Waals surface area contributed by atoms with Crippen LogP contribution in [0, 0.1) is 0 Å². The van der Waals surface area contributed by atoms with Crippen LogP contribution in [0.2, 0.25) is 0 Å². The number of hydrogen-bond donors (Lipinski definition) is 8. The summed E-state index contributed by atoms with van der Waals surface area (Å²) in [5, 5.41) is 99.8. The van der Waals surface area contributed by atoms with Crippen LogP contribution in [0.1, 0.15) is 300 Å². The molecule has 1 aliphatic carbocycles. The molecule has 0 fully saturated rings. The summed E-state index contributed by atoms with van der Waals surface area (Å²) in [6.45, 7) is 50.7. The van der Waals surface area contributed by atoms with E-state index >= 15 is 0 Å². The van der Waals surface area contributed by atoms with Crippen LogP contribution in [0.5, 0.6) is 46.0 Å². The second kappa shape index (κ2) is 25.2. The fraction of sp³-hybridized carbons (Fsp3) is 0.455. The molecule has 96 heavy (non-hydrogen) atoms. The van der Waals surface area contributed by atoms with Crippen molar-refractivity contribution in [2.24, 2.45) is 0 Å². The minimum absolute atomic E-state index is 0.0531. The lowest BCUT2D eigenvalue weighted by molar-refractivity contribution is 0.422. The summed E-state index contributed by atoms with van der Waals surface area (Å²) < 4.78 is 0. The van der Waals surface area contributed by atoms with Gasteiger partial charge in [-0.2, -0.15) is 0 Å². The maximum atomic E-state index is 13.1. The van der Waals surface area contributed by atoms with Crippen molar-refractivity contribution in [1.82, 2.24) is 0 Å². The van der Waals surface area contributed by atoms with Gasteiger partial charge in [-0.05, 0) is 203 Å². The first-order valence-corrected chi connectivity index (χ1v) is 34.7. The maximum Gasteiger partial charge on any atom is 0.123 e. The normalized spacial score (nSPS) is 13.8. The third kappa shape index (κ3) is 15.6. The Morgan fingerprint density at radius 3 is 0.385 bits per heavy atom. The molecular weight excluding hydrogens is 1180 g/mol. The summed E-state index contributed by atoms with van der Waals surface area (Å²) >= 11 is 0. The summed E-state index contributed by atoms with van der Waals surface area (Å²) in [4.78, 5) is 0. The Morgan fingerprint density at radius 2 is 0.281 bits per heavy atom. The minimum Gasteiger partial charge on any atom is -0.507 e. The van der Waals surface area contributed by atoms with Gasteiger partial charge in [0.1, 0.15) is 46.0 Å². The maximum absolute atomic E-state index is 13.1. The topological polar surface area (TPSA) is 162 Å². The van der Waals surface area contributed by atoms with Crippen molar-refractivity contribution in [1.29, 1.82) is 0 Å². The van der Waals surface area contributed by atoms with Gasteiger partial charge in [0, 0.05) is 25.7 Å². The van der Waals surface area contributed by atoms with Gasteiger partial charge in [-0.3, -0.25) is 0 Å². The molecule has 8 nitrogen and oxygen atoms in total. The molecule has 9 rings (SSSR count). The quantitative estimate of drug-likeness (QED) is 0.0746. The molecule has 0 unspecified atom stereocenters. The standard InChI is InChI=1S/C88H112O8/c1-81(2,3)65-37-53(38-66(77(65)93)82(4,5)6)25-49-29-57-45-59-31-50(26-54-39-67(83(7,8)9)78(94)68(40-54)84(10,11)12)33-61(74(59)90)47-63-35-52(28-56-43-71(87(19,20)21)80(96)72(44-56)88(22,23)24)36-64(76(63)92)48-62-34-51(32-60(75(62)91)46-58(30-49)73(57)89)27-55-41-69(85(13,14)15)79(95)70(42-55)86(16,17)18/h29-44,89-96H,25-28,45-48H2,1-24H3. The first-order chi connectivity index (χ1) is 43.9. The average Bonchev–Trinajstić information content (AvgIpc) is 0.795. The van der Waals surface area contributed by atoms with E-state index in [-0.39, 0.29) is 92.0 Å². The molecule has 0 spiro atoms. The highest BCUT2D eigenvalue weighted by atomic mass is 16.3. The zero-order chi connectivity index (χ0) is 71.4. The molecule has 1 aliphatic rings. The monoisotopic (exact) mass is 1300 g/mol. The van der Waals surface area contributed by atoms with Crippen LogP contribution in [-0.4, -0.2) is 40.9 Å². The van der Waals surface area contributed by atoms with E-state index in [9.17, 15) is 40.9 Å². The van der Waals surface area contributed by atoms with Gasteiger partial charge in [-0.1, -0.05) is 263 Å². The highest BCUT2D eigenvalue weighted by Gasteiger charge is 2.33. The Labute approximate surface area is 575 Å². The molecule has 512 valence electrons. The Bertz CT molecular complexity index is 3530. The molecule has 0 aliphatic heterocycles. The van der Waals surface area contributed by atoms with Gasteiger partial charge in [0.15, 0.2) is 0 Å². The minimum atomic E-state index is -0.377. The average molecular weight is 1300 g/mol. The third-order valence-electron chi connectivity index (χ3n) is 19.6. The summed E-state index contributed by atoms with van der Waals surface area (Å²) in [6, 6.07) is 33.1. The van der Waals surface area contributed by atoms with Crippen LogP contribution in [0.25, 0.3) is 0 Å². The van der Waals surface area contributed by atoms with Crippen LogP contribution in [-0.2, 0) is 94.7 Å². The Balaban J connectivity index is 1.34. The number of aromatic hydroxyl groups is 8. The zero-order valence-electron chi connectivity index (χ0n) is 62.5. The Morgan fingerprint density at radius 1 is 0.177 bits per heavy atom. The fourth-order valence-electron chi connectivity index (χ4n) is 14.3. The van der Waals surface area contributed by atoms with Gasteiger partial charge in [0.05, 0.1) is 0 Å². The highest BCUT2D eigenvalue weighted by Crippen LogP contribution is 2.47. The Hall–Kier alpha value is -7.84. The third-order valence-corrected chi connectivity index (χ3v) is 19.6. The van der Waals surface area contributed by atoms with Crippen LogP contribution < -0.4 is 0 Å². The summed E-state index contributed by atoms with van der Waals surface area (Å²) in [5.41, 5.74) is 16.0. The SMILES string of the molecule is CC(C)(C)c1cc(Cc2cc3c(O)c(c2)Cc2cc(Cc4cc(C(C)(C)C)c(O)c(C(C)(C)C)c4)cc(c2O)Cc2cc(Cc4cc(C(C)(C)C)c(O)c(C(C)(C)C)c4)cc(c2O)Cc2cc(Cc4cc(C(C)(C)C)c(O)c(C(C)(C)C)c4)cc(c2O)C3)cc(C(C)(C)C)c1O. The van der Waals surface area contributed by atoms with Crippen molar-refractivity contribution < 1.29 is 40.9 Å². The second-order valence-corrected chi connectivity index (χ2v) is 36.6. The zero-order valence-corrected chi connectivity index (χ0v) is 62.5. The summed E-state index contributed by atoms with van der Waals surface area (Å²) in [5.74, 6) is 1.39. The van der Waals surface area contributed by atoms with E-state index in [1.54, 1.807) is 0 Å². The number of phenols is 8. The molecule has 0 saturated carbocycles. The smallest absolute Gasteiger partial charge is 0.123 e. The molecule has 0 heterocycles. The van der Waals surface area contributed by atoms with Crippen molar-refractivity contribution >= 4 is 0 Å². The number of hydrogen-bond acceptors (Lipinski definition) is 8. The van der Waals surface area contributed by atoms with E-state index in [0.717, 1.165) is 89.0 Å². The predicted octanol–water partition coefficient (Wildman–Crippen LogP) is 20.8. The fourth-order valence-corrected chi connectivity index (χ4v) is 14.3. The lowest BCUT2D eigenvalue weighted by atomic mass is 9.77. The number of phenolic OH excluding ortho intramolecular Hbond substituents is 8. The molecule has 8 N–H and O–H groups in total. The van der Waals surface area contributed by atoms with E-state index < -0.39 is 0 Å². The van der Waals surface area contributed by atoms with Crippen LogP contribution in [0.3, 0.4) is 0 Å². The molecule has 8 heteroatoms. The number of rotatable bonds is 8. The van der Waals surface area contributed by atoms with Crippen molar-refractivity contribution in [2.75, 3.05) is 0 Å². The highest BCUT2D eigenvalue weighted by molar-refractivity contribution is 5.61. The van der Waals surface area contributed by atoms with Gasteiger partial charge < -0.3 is 40.9 Å². The largest absolute Gasteiger partial charge is 0.507 e. The van der Waals surface area contributed by atoms with E-state index in [4.69, 9.17) is 0 Å². The molecule has 8 aromatic carbocycles. The molecule has 0 saturated heterocycles. The van der Waals surface area contributed by atoms with Crippen LogP contribution in [0.15, 0.2) is 97.1 Å². The van der Waals surface area contributed by atoms with Gasteiger partial charge in [-0.25, -0.2) is 0 Å². The number of benzene rings is 8. The van der Waals surface area contributed by atoms with Gasteiger partial charge in [-0.15, -0.1) is 0 Å². The lowest BCUT2D eigenvalue weighted by Crippen LogP contribution is -2.18. The molecule has 0 atom stereocenters. The molecule has 0 amide bonds.